The number of hydrogen-bond donors (Lipinski definition) is 2. The number of unbranched alkanes of at least 4 members (excludes halogenated alkanes) is 1. The summed E-state index contributed by atoms with van der Waals surface area (Å²) < 4.78 is 39.2. The second-order valence-electron chi connectivity index (χ2n) is 4.14. The van der Waals surface area contributed by atoms with Crippen LogP contribution in [0.2, 0.25) is 0 Å². The maximum atomic E-state index is 13.3. The van der Waals surface area contributed by atoms with Crippen molar-refractivity contribution in [1.82, 2.24) is 5.32 Å². The minimum Gasteiger partial charge on any atom is -0.320 e. The van der Waals surface area contributed by atoms with Gasteiger partial charge in [0.2, 0.25) is 10.0 Å². The molecule has 4 nitrogen and oxygen atoms in total. The summed E-state index contributed by atoms with van der Waals surface area (Å²) in [4.78, 5) is 0. The Balaban J connectivity index is 2.62. The molecule has 0 unspecified atom stereocenters. The van der Waals surface area contributed by atoms with E-state index in [2.05, 4.69) is 10.0 Å². The van der Waals surface area contributed by atoms with Gasteiger partial charge in [-0.2, -0.15) is 0 Å². The van der Waals surface area contributed by atoms with Gasteiger partial charge in [-0.25, -0.2) is 12.8 Å². The Labute approximate surface area is 108 Å². The summed E-state index contributed by atoms with van der Waals surface area (Å²) in [7, 11) is -1.58. The lowest BCUT2D eigenvalue weighted by Crippen LogP contribution is -2.18. The van der Waals surface area contributed by atoms with Gasteiger partial charge in [0.05, 0.1) is 11.4 Å². The van der Waals surface area contributed by atoms with Crippen LogP contribution in [0.1, 0.15) is 18.4 Å². The van der Waals surface area contributed by atoms with Crippen LogP contribution in [0.5, 0.6) is 0 Å². The van der Waals surface area contributed by atoms with Gasteiger partial charge >= 0.3 is 0 Å². The number of anilines is 1. The van der Waals surface area contributed by atoms with Crippen LogP contribution in [0.3, 0.4) is 0 Å². The van der Waals surface area contributed by atoms with Crippen LogP contribution in [0, 0.1) is 12.7 Å². The highest BCUT2D eigenvalue weighted by Gasteiger charge is 2.12. The lowest BCUT2D eigenvalue weighted by molar-refractivity contribution is 0.594. The molecule has 0 amide bonds. The van der Waals surface area contributed by atoms with Crippen LogP contribution in [0.25, 0.3) is 0 Å². The summed E-state index contributed by atoms with van der Waals surface area (Å²) in [5.74, 6) is -0.365. The van der Waals surface area contributed by atoms with E-state index in [0.29, 0.717) is 17.7 Å². The van der Waals surface area contributed by atoms with Crippen molar-refractivity contribution in [3.63, 3.8) is 0 Å². The highest BCUT2D eigenvalue weighted by Crippen LogP contribution is 2.18. The third-order valence-corrected chi connectivity index (χ3v) is 3.98. The van der Waals surface area contributed by atoms with Crippen LogP contribution in [0.4, 0.5) is 10.1 Å². The molecule has 2 N–H and O–H groups in total. The Bertz CT molecular complexity index is 489. The van der Waals surface area contributed by atoms with Gasteiger partial charge in [-0.1, -0.05) is 6.07 Å². The standard InChI is InChI=1S/C12H19FN2O2S/c1-10-11(13)6-5-7-12(10)15-18(16,17)9-4-3-8-14-2/h5-7,14-15H,3-4,8-9H2,1-2H3. The lowest BCUT2D eigenvalue weighted by atomic mass is 10.2. The van der Waals surface area contributed by atoms with E-state index in [9.17, 15) is 12.8 Å². The Kier molecular flexibility index (Phi) is 5.55. The van der Waals surface area contributed by atoms with Gasteiger partial charge < -0.3 is 5.32 Å². The van der Waals surface area contributed by atoms with Crippen LogP contribution in [-0.4, -0.2) is 27.8 Å². The molecule has 6 heteroatoms. The number of hydrogen-bond acceptors (Lipinski definition) is 3. The summed E-state index contributed by atoms with van der Waals surface area (Å²) in [5.41, 5.74) is 0.625. The average Bonchev–Trinajstić information content (AvgIpc) is 2.31. The van der Waals surface area contributed by atoms with Crippen molar-refractivity contribution in [3.05, 3.63) is 29.6 Å². The van der Waals surface area contributed by atoms with Crippen molar-refractivity contribution in [2.75, 3.05) is 24.1 Å². The summed E-state index contributed by atoms with van der Waals surface area (Å²) in [6.07, 6.45) is 1.37. The van der Waals surface area contributed by atoms with Crippen LogP contribution in [0.15, 0.2) is 18.2 Å². The maximum Gasteiger partial charge on any atom is 0.232 e. The number of nitrogens with one attached hydrogen (secondary N) is 2. The molecular formula is C12H19FN2O2S. The van der Waals surface area contributed by atoms with Crippen LogP contribution >= 0.6 is 0 Å². The predicted molar refractivity (Wildman–Crippen MR) is 71.7 cm³/mol. The Hall–Kier alpha value is -1.14. The topological polar surface area (TPSA) is 58.2 Å². The highest BCUT2D eigenvalue weighted by molar-refractivity contribution is 7.92. The second-order valence-corrected chi connectivity index (χ2v) is 5.99. The van der Waals surface area contributed by atoms with Crippen molar-refractivity contribution in [1.29, 1.82) is 0 Å². The first kappa shape index (κ1) is 14.9. The van der Waals surface area contributed by atoms with E-state index in [4.69, 9.17) is 0 Å². The normalized spacial score (nSPS) is 11.5. The fraction of sp³-hybridized carbons (Fsp3) is 0.500. The Morgan fingerprint density at radius 1 is 1.28 bits per heavy atom. The number of benzene rings is 1. The van der Waals surface area contributed by atoms with Gasteiger partial charge in [0.1, 0.15) is 5.82 Å². The molecule has 0 saturated carbocycles. The van der Waals surface area contributed by atoms with E-state index in [1.165, 1.54) is 12.1 Å². The van der Waals surface area contributed by atoms with Gasteiger partial charge in [-0.05, 0) is 45.5 Å². The van der Waals surface area contributed by atoms with Crippen molar-refractivity contribution in [2.24, 2.45) is 0 Å². The van der Waals surface area contributed by atoms with Gasteiger partial charge in [0.15, 0.2) is 0 Å². The van der Waals surface area contributed by atoms with Gasteiger partial charge in [0.25, 0.3) is 0 Å². The Morgan fingerprint density at radius 2 is 2.00 bits per heavy atom. The minimum absolute atomic E-state index is 0.0463. The van der Waals surface area contributed by atoms with Crippen LogP contribution < -0.4 is 10.0 Å². The molecule has 102 valence electrons. The largest absolute Gasteiger partial charge is 0.320 e. The minimum atomic E-state index is -3.40. The van der Waals surface area contributed by atoms with E-state index in [1.54, 1.807) is 13.0 Å². The SMILES string of the molecule is CNCCCCS(=O)(=O)Nc1cccc(F)c1C. The molecule has 18 heavy (non-hydrogen) atoms. The third kappa shape index (κ3) is 4.62. The molecule has 0 saturated heterocycles. The van der Waals surface area contributed by atoms with E-state index in [1.807, 2.05) is 7.05 Å². The van der Waals surface area contributed by atoms with E-state index < -0.39 is 15.8 Å². The van der Waals surface area contributed by atoms with E-state index in [-0.39, 0.29) is 5.75 Å². The monoisotopic (exact) mass is 274 g/mol. The van der Waals surface area contributed by atoms with Crippen molar-refractivity contribution in [3.8, 4) is 0 Å². The molecule has 0 aliphatic carbocycles. The van der Waals surface area contributed by atoms with Crippen molar-refractivity contribution >= 4 is 15.7 Å². The van der Waals surface area contributed by atoms with Crippen LogP contribution in [-0.2, 0) is 10.0 Å². The third-order valence-electron chi connectivity index (χ3n) is 2.62. The van der Waals surface area contributed by atoms with Crippen molar-refractivity contribution in [2.45, 2.75) is 19.8 Å². The van der Waals surface area contributed by atoms with Gasteiger partial charge in [-0.3, -0.25) is 4.72 Å². The summed E-state index contributed by atoms with van der Waals surface area (Å²) in [5, 5.41) is 2.96. The number of sulfonamides is 1. The highest BCUT2D eigenvalue weighted by atomic mass is 32.2. The molecule has 0 aliphatic heterocycles. The van der Waals surface area contributed by atoms with Gasteiger partial charge in [-0.15, -0.1) is 0 Å². The zero-order valence-electron chi connectivity index (χ0n) is 10.7. The molecule has 0 heterocycles. The lowest BCUT2D eigenvalue weighted by Gasteiger charge is -2.10. The molecule has 0 atom stereocenters. The zero-order valence-corrected chi connectivity index (χ0v) is 11.5. The first-order chi connectivity index (χ1) is 8.46. The molecule has 1 aromatic carbocycles. The van der Waals surface area contributed by atoms with Crippen molar-refractivity contribution < 1.29 is 12.8 Å². The summed E-state index contributed by atoms with van der Waals surface area (Å²) >= 11 is 0. The summed E-state index contributed by atoms with van der Waals surface area (Å²) in [6, 6.07) is 4.35. The first-order valence-electron chi connectivity index (χ1n) is 5.86. The zero-order chi connectivity index (χ0) is 13.6. The maximum absolute atomic E-state index is 13.3. The molecule has 1 aromatic rings. The number of halogens is 1. The summed E-state index contributed by atoms with van der Waals surface area (Å²) in [6.45, 7) is 2.34. The molecule has 0 aliphatic rings. The fourth-order valence-electron chi connectivity index (χ4n) is 1.53. The molecule has 0 spiro atoms. The first-order valence-corrected chi connectivity index (χ1v) is 7.51. The number of rotatable bonds is 7. The molecular weight excluding hydrogens is 255 g/mol. The molecule has 0 aromatic heterocycles. The second kappa shape index (κ2) is 6.70. The predicted octanol–water partition coefficient (Wildman–Crippen LogP) is 1.88. The van der Waals surface area contributed by atoms with E-state index >= 15 is 0 Å². The Morgan fingerprint density at radius 3 is 2.67 bits per heavy atom. The average molecular weight is 274 g/mol. The quantitative estimate of drug-likeness (QED) is 0.746. The smallest absolute Gasteiger partial charge is 0.232 e. The fourth-order valence-corrected chi connectivity index (χ4v) is 2.77. The molecule has 0 bridgehead atoms. The van der Waals surface area contributed by atoms with E-state index in [0.717, 1.165) is 13.0 Å². The molecule has 0 fully saturated rings. The van der Waals surface area contributed by atoms with Gasteiger partial charge in [0, 0.05) is 5.56 Å². The molecule has 0 radical (unpaired) electrons. The molecule has 1 rings (SSSR count).